The predicted molar refractivity (Wildman–Crippen MR) is 85.6 cm³/mol. The first kappa shape index (κ1) is 17.0. The molecule has 2 heteroatoms. The highest BCUT2D eigenvalue weighted by atomic mass is 15.2. The Bertz CT molecular complexity index is 256. The van der Waals surface area contributed by atoms with Crippen molar-refractivity contribution in [2.75, 3.05) is 14.1 Å². The fraction of sp³-hybridized carbons (Fsp3) is 1.00. The number of hydrogen-bond acceptors (Lipinski definition) is 2. The summed E-state index contributed by atoms with van der Waals surface area (Å²) in [5, 5.41) is 3.56. The van der Waals surface area contributed by atoms with E-state index in [1.165, 1.54) is 32.1 Å². The van der Waals surface area contributed by atoms with Gasteiger partial charge in [-0.3, -0.25) is 4.90 Å². The van der Waals surface area contributed by atoms with Crippen molar-refractivity contribution in [3.8, 4) is 0 Å². The van der Waals surface area contributed by atoms with Crippen LogP contribution < -0.4 is 5.32 Å². The monoisotopic (exact) mass is 268 g/mol. The Kier molecular flexibility index (Phi) is 6.32. The van der Waals surface area contributed by atoms with Gasteiger partial charge in [0.2, 0.25) is 0 Å². The van der Waals surface area contributed by atoms with E-state index in [1.807, 2.05) is 0 Å². The van der Waals surface area contributed by atoms with Crippen molar-refractivity contribution >= 4 is 0 Å². The zero-order valence-corrected chi connectivity index (χ0v) is 14.3. The van der Waals surface area contributed by atoms with Crippen molar-refractivity contribution in [3.63, 3.8) is 0 Å². The Balaban J connectivity index is 2.74. The third-order valence-corrected chi connectivity index (χ3v) is 5.38. The van der Waals surface area contributed by atoms with Gasteiger partial charge < -0.3 is 5.32 Å². The van der Waals surface area contributed by atoms with Gasteiger partial charge in [-0.15, -0.1) is 0 Å². The molecule has 2 nitrogen and oxygen atoms in total. The quantitative estimate of drug-likeness (QED) is 0.813. The summed E-state index contributed by atoms with van der Waals surface area (Å²) in [6.07, 6.45) is 6.86. The highest BCUT2D eigenvalue weighted by molar-refractivity contribution is 4.93. The third kappa shape index (κ3) is 4.46. The zero-order valence-electron chi connectivity index (χ0n) is 14.3. The highest BCUT2D eigenvalue weighted by Crippen LogP contribution is 2.34. The molecule has 4 atom stereocenters. The standard InChI is InChI=1S/C17H36N2/c1-8-9-14-10-11-15(18-6)16(12-14)19(7)13(2)17(3,4)5/h13-16,18H,8-12H2,1-7H3. The molecule has 0 aromatic carbocycles. The van der Waals surface area contributed by atoms with Gasteiger partial charge in [-0.2, -0.15) is 0 Å². The van der Waals surface area contributed by atoms with Gasteiger partial charge in [0.15, 0.2) is 0 Å². The van der Waals surface area contributed by atoms with Crippen molar-refractivity contribution in [3.05, 3.63) is 0 Å². The maximum atomic E-state index is 3.56. The van der Waals surface area contributed by atoms with E-state index >= 15 is 0 Å². The molecule has 0 aliphatic heterocycles. The van der Waals surface area contributed by atoms with E-state index < -0.39 is 0 Å². The van der Waals surface area contributed by atoms with Crippen molar-refractivity contribution in [2.45, 2.75) is 84.8 Å². The zero-order chi connectivity index (χ0) is 14.6. The van der Waals surface area contributed by atoms with Gasteiger partial charge in [0, 0.05) is 18.1 Å². The molecule has 0 aromatic rings. The lowest BCUT2D eigenvalue weighted by molar-refractivity contribution is 0.0449. The molecule has 0 aromatic heterocycles. The summed E-state index contributed by atoms with van der Waals surface area (Å²) in [6, 6.07) is 1.99. The molecule has 1 fully saturated rings. The van der Waals surface area contributed by atoms with E-state index in [9.17, 15) is 0 Å². The first-order valence-electron chi connectivity index (χ1n) is 8.20. The molecule has 0 bridgehead atoms. The van der Waals surface area contributed by atoms with E-state index in [-0.39, 0.29) is 0 Å². The smallest absolute Gasteiger partial charge is 0.0251 e. The lowest BCUT2D eigenvalue weighted by Crippen LogP contribution is -2.55. The Morgan fingerprint density at radius 3 is 2.37 bits per heavy atom. The van der Waals surface area contributed by atoms with E-state index in [2.05, 4.69) is 58.9 Å². The average molecular weight is 268 g/mol. The molecule has 0 saturated heterocycles. The highest BCUT2D eigenvalue weighted by Gasteiger charge is 2.36. The molecule has 0 spiro atoms. The molecular formula is C17H36N2. The average Bonchev–Trinajstić information content (AvgIpc) is 2.36. The van der Waals surface area contributed by atoms with Crippen LogP contribution in [0.25, 0.3) is 0 Å². The van der Waals surface area contributed by atoms with Gasteiger partial charge in [0.1, 0.15) is 0 Å². The van der Waals surface area contributed by atoms with Crippen LogP contribution in [0.2, 0.25) is 0 Å². The van der Waals surface area contributed by atoms with Crippen molar-refractivity contribution < 1.29 is 0 Å². The third-order valence-electron chi connectivity index (χ3n) is 5.38. The second-order valence-corrected chi connectivity index (χ2v) is 7.64. The summed E-state index contributed by atoms with van der Waals surface area (Å²) in [5.74, 6) is 0.939. The van der Waals surface area contributed by atoms with Crippen LogP contribution in [-0.2, 0) is 0 Å². The second-order valence-electron chi connectivity index (χ2n) is 7.64. The molecule has 1 rings (SSSR count). The van der Waals surface area contributed by atoms with Gasteiger partial charge in [-0.05, 0) is 51.6 Å². The summed E-state index contributed by atoms with van der Waals surface area (Å²) < 4.78 is 0. The summed E-state index contributed by atoms with van der Waals surface area (Å²) in [6.45, 7) is 11.8. The Labute approximate surface area is 121 Å². The molecule has 0 heterocycles. The van der Waals surface area contributed by atoms with Crippen LogP contribution in [0.5, 0.6) is 0 Å². The van der Waals surface area contributed by atoms with Crippen LogP contribution in [0, 0.1) is 11.3 Å². The maximum Gasteiger partial charge on any atom is 0.0251 e. The topological polar surface area (TPSA) is 15.3 Å². The summed E-state index contributed by atoms with van der Waals surface area (Å²) in [7, 11) is 4.46. The van der Waals surface area contributed by atoms with Gasteiger partial charge >= 0.3 is 0 Å². The van der Waals surface area contributed by atoms with Crippen LogP contribution in [0.4, 0.5) is 0 Å². The number of nitrogens with one attached hydrogen (secondary N) is 1. The van der Waals surface area contributed by atoms with Crippen LogP contribution in [0.3, 0.4) is 0 Å². The molecule has 0 amide bonds. The van der Waals surface area contributed by atoms with E-state index in [1.54, 1.807) is 0 Å². The minimum absolute atomic E-state index is 0.352. The molecule has 19 heavy (non-hydrogen) atoms. The van der Waals surface area contributed by atoms with Crippen LogP contribution in [0.1, 0.15) is 66.7 Å². The molecule has 1 saturated carbocycles. The number of hydrogen-bond donors (Lipinski definition) is 1. The lowest BCUT2D eigenvalue weighted by Gasteiger charge is -2.47. The van der Waals surface area contributed by atoms with Gasteiger partial charge in [-0.25, -0.2) is 0 Å². The summed E-state index contributed by atoms with van der Waals surface area (Å²) >= 11 is 0. The lowest BCUT2D eigenvalue weighted by atomic mass is 9.77. The molecule has 0 radical (unpaired) electrons. The van der Waals surface area contributed by atoms with Gasteiger partial charge in [0.25, 0.3) is 0 Å². The maximum absolute atomic E-state index is 3.56. The van der Waals surface area contributed by atoms with Crippen molar-refractivity contribution in [2.24, 2.45) is 11.3 Å². The SMILES string of the molecule is CCCC1CCC(NC)C(N(C)C(C)C(C)(C)C)C1. The Hall–Kier alpha value is -0.0800. The summed E-state index contributed by atoms with van der Waals surface area (Å²) in [4.78, 5) is 2.64. The molecular weight excluding hydrogens is 232 g/mol. The van der Waals surface area contributed by atoms with Crippen molar-refractivity contribution in [1.29, 1.82) is 0 Å². The van der Waals surface area contributed by atoms with Crippen LogP contribution >= 0.6 is 0 Å². The molecule has 1 aliphatic rings. The number of nitrogens with zero attached hydrogens (tertiary/aromatic N) is 1. The minimum Gasteiger partial charge on any atom is -0.315 e. The Morgan fingerprint density at radius 2 is 1.89 bits per heavy atom. The first-order chi connectivity index (χ1) is 8.81. The fourth-order valence-electron chi connectivity index (χ4n) is 3.59. The molecule has 4 unspecified atom stereocenters. The number of likely N-dealkylation sites (N-methyl/N-ethyl adjacent to an activating group) is 2. The Morgan fingerprint density at radius 1 is 1.26 bits per heavy atom. The van der Waals surface area contributed by atoms with Crippen LogP contribution in [-0.4, -0.2) is 37.1 Å². The van der Waals surface area contributed by atoms with Crippen LogP contribution in [0.15, 0.2) is 0 Å². The first-order valence-corrected chi connectivity index (χ1v) is 8.20. The van der Waals surface area contributed by atoms with E-state index in [4.69, 9.17) is 0 Å². The second kappa shape index (κ2) is 7.08. The molecule has 114 valence electrons. The van der Waals surface area contributed by atoms with E-state index in [0.717, 1.165) is 5.92 Å². The van der Waals surface area contributed by atoms with E-state index in [0.29, 0.717) is 23.5 Å². The minimum atomic E-state index is 0.352. The number of rotatable bonds is 5. The van der Waals surface area contributed by atoms with Gasteiger partial charge in [-0.1, -0.05) is 40.5 Å². The summed E-state index contributed by atoms with van der Waals surface area (Å²) in [5.41, 5.74) is 0.352. The predicted octanol–water partition coefficient (Wildman–Crippen LogP) is 3.91. The fourth-order valence-corrected chi connectivity index (χ4v) is 3.59. The molecule has 1 aliphatic carbocycles. The van der Waals surface area contributed by atoms with Gasteiger partial charge in [0.05, 0.1) is 0 Å². The largest absolute Gasteiger partial charge is 0.315 e. The van der Waals surface area contributed by atoms with Crippen molar-refractivity contribution in [1.82, 2.24) is 10.2 Å². The molecule has 1 N–H and O–H groups in total. The normalized spacial score (nSPS) is 30.6.